The van der Waals surface area contributed by atoms with Crippen molar-refractivity contribution in [2.45, 2.75) is 19.9 Å². The summed E-state index contributed by atoms with van der Waals surface area (Å²) < 4.78 is 5.58. The minimum Gasteiger partial charge on any atom is -0.493 e. The van der Waals surface area contributed by atoms with Crippen molar-refractivity contribution in [3.63, 3.8) is 0 Å². The average molecular weight is 316 g/mol. The molecule has 0 spiro atoms. The van der Waals surface area contributed by atoms with Crippen LogP contribution in [0.2, 0.25) is 0 Å². The Bertz CT molecular complexity index is 664. The molecule has 0 amide bonds. The van der Waals surface area contributed by atoms with E-state index in [9.17, 15) is 0 Å². The summed E-state index contributed by atoms with van der Waals surface area (Å²) in [6, 6.07) is 6.63. The van der Waals surface area contributed by atoms with Gasteiger partial charge in [-0.3, -0.25) is 4.90 Å². The van der Waals surface area contributed by atoms with Gasteiger partial charge in [0.25, 0.3) is 0 Å². The normalized spacial score (nSPS) is 18.3. The molecule has 1 fully saturated rings. The van der Waals surface area contributed by atoms with Gasteiger partial charge in [0.15, 0.2) is 0 Å². The van der Waals surface area contributed by atoms with Crippen LogP contribution in [0.25, 0.3) is 0 Å². The van der Waals surface area contributed by atoms with Gasteiger partial charge in [-0.1, -0.05) is 23.5 Å². The van der Waals surface area contributed by atoms with Crippen LogP contribution in [-0.4, -0.2) is 47.9 Å². The van der Waals surface area contributed by atoms with E-state index in [1.165, 1.54) is 11.1 Å². The summed E-state index contributed by atoms with van der Waals surface area (Å²) in [5.74, 6) is 1.07. The summed E-state index contributed by atoms with van der Waals surface area (Å²) in [5, 5.41) is 10.5. The van der Waals surface area contributed by atoms with E-state index in [0.717, 1.165) is 61.6 Å². The molecule has 2 aliphatic heterocycles. The lowest BCUT2D eigenvalue weighted by Crippen LogP contribution is -2.45. The van der Waals surface area contributed by atoms with Gasteiger partial charge in [-0.25, -0.2) is 0 Å². The highest BCUT2D eigenvalue weighted by Crippen LogP contribution is 2.27. The number of hydrogen-bond acceptors (Lipinski definition) is 6. The molecule has 1 saturated heterocycles. The first-order chi connectivity index (χ1) is 10.8. The van der Waals surface area contributed by atoms with Crippen LogP contribution in [0.3, 0.4) is 0 Å². The second-order valence-corrected chi connectivity index (χ2v) is 7.07. The smallest absolute Gasteiger partial charge is 0.208 e. The van der Waals surface area contributed by atoms with Crippen molar-refractivity contribution in [2.24, 2.45) is 0 Å². The summed E-state index contributed by atoms with van der Waals surface area (Å²) in [5.41, 5.74) is 2.75. The van der Waals surface area contributed by atoms with Gasteiger partial charge >= 0.3 is 0 Å². The lowest BCUT2D eigenvalue weighted by Gasteiger charge is -2.34. The van der Waals surface area contributed by atoms with E-state index in [2.05, 4.69) is 38.2 Å². The van der Waals surface area contributed by atoms with Gasteiger partial charge in [0.2, 0.25) is 5.13 Å². The second-order valence-electron chi connectivity index (χ2n) is 5.91. The molecule has 2 aliphatic rings. The zero-order chi connectivity index (χ0) is 14.9. The van der Waals surface area contributed by atoms with E-state index >= 15 is 0 Å². The minimum absolute atomic E-state index is 0.832. The van der Waals surface area contributed by atoms with Gasteiger partial charge in [-0.2, -0.15) is 0 Å². The first-order valence-electron chi connectivity index (χ1n) is 7.80. The number of ether oxygens (including phenoxy) is 1. The third kappa shape index (κ3) is 2.80. The summed E-state index contributed by atoms with van der Waals surface area (Å²) in [4.78, 5) is 4.86. The van der Waals surface area contributed by atoms with Crippen LogP contribution in [0.4, 0.5) is 5.13 Å². The van der Waals surface area contributed by atoms with E-state index in [4.69, 9.17) is 4.74 Å². The maximum atomic E-state index is 5.58. The average Bonchev–Trinajstić information content (AvgIpc) is 3.16. The Morgan fingerprint density at radius 3 is 2.82 bits per heavy atom. The first kappa shape index (κ1) is 14.0. The lowest BCUT2D eigenvalue weighted by atomic mass is 10.1. The quantitative estimate of drug-likeness (QED) is 0.867. The van der Waals surface area contributed by atoms with Crippen LogP contribution in [0.1, 0.15) is 16.1 Å². The molecule has 1 aromatic heterocycles. The Hall–Kier alpha value is -1.66. The van der Waals surface area contributed by atoms with Crippen molar-refractivity contribution in [2.75, 3.05) is 37.7 Å². The number of piperazine rings is 1. The molecule has 2 aromatic rings. The molecule has 116 valence electrons. The molecule has 0 bridgehead atoms. The molecule has 22 heavy (non-hydrogen) atoms. The van der Waals surface area contributed by atoms with Crippen LogP contribution in [-0.2, 0) is 13.0 Å². The zero-order valence-electron chi connectivity index (χ0n) is 12.8. The summed E-state index contributed by atoms with van der Waals surface area (Å²) in [6.07, 6.45) is 1.05. The van der Waals surface area contributed by atoms with Crippen molar-refractivity contribution < 1.29 is 4.74 Å². The first-order valence-corrected chi connectivity index (χ1v) is 8.61. The Balaban J connectivity index is 1.36. The number of aromatic nitrogens is 2. The van der Waals surface area contributed by atoms with Crippen LogP contribution < -0.4 is 9.64 Å². The maximum absolute atomic E-state index is 5.58. The van der Waals surface area contributed by atoms with E-state index in [1.807, 2.05) is 6.92 Å². The SMILES string of the molecule is Cc1nnc(N2CCN(Cc3ccc4c(c3)CCO4)CC2)s1. The molecule has 0 aliphatic carbocycles. The molecule has 6 heteroatoms. The molecule has 0 atom stereocenters. The van der Waals surface area contributed by atoms with Gasteiger partial charge in [-0.15, -0.1) is 10.2 Å². The molecule has 0 radical (unpaired) electrons. The van der Waals surface area contributed by atoms with Crippen LogP contribution in [0.5, 0.6) is 5.75 Å². The summed E-state index contributed by atoms with van der Waals surface area (Å²) in [6.45, 7) is 8.08. The third-order valence-corrected chi connectivity index (χ3v) is 5.22. The summed E-state index contributed by atoms with van der Waals surface area (Å²) in [7, 11) is 0. The highest BCUT2D eigenvalue weighted by molar-refractivity contribution is 7.15. The lowest BCUT2D eigenvalue weighted by molar-refractivity contribution is 0.249. The van der Waals surface area contributed by atoms with Crippen molar-refractivity contribution in [1.29, 1.82) is 0 Å². The zero-order valence-corrected chi connectivity index (χ0v) is 13.6. The van der Waals surface area contributed by atoms with Crippen LogP contribution in [0.15, 0.2) is 18.2 Å². The Morgan fingerprint density at radius 2 is 2.05 bits per heavy atom. The molecule has 4 rings (SSSR count). The maximum Gasteiger partial charge on any atom is 0.208 e. The predicted octanol–water partition coefficient (Wildman–Crippen LogP) is 2.10. The van der Waals surface area contributed by atoms with Crippen molar-refractivity contribution in [3.05, 3.63) is 34.3 Å². The molecule has 3 heterocycles. The molecule has 0 saturated carbocycles. The minimum atomic E-state index is 0.832. The fraction of sp³-hybridized carbons (Fsp3) is 0.500. The number of benzene rings is 1. The standard InChI is InChI=1S/C16H20N4OS/c1-12-17-18-16(22-12)20-7-5-19(6-8-20)11-13-2-3-15-14(10-13)4-9-21-15/h2-3,10H,4-9,11H2,1H3. The van der Waals surface area contributed by atoms with Crippen LogP contribution >= 0.6 is 11.3 Å². The number of aryl methyl sites for hydroxylation is 1. The van der Waals surface area contributed by atoms with Crippen LogP contribution in [0, 0.1) is 6.92 Å². The van der Waals surface area contributed by atoms with Gasteiger partial charge in [0.1, 0.15) is 10.8 Å². The molecule has 0 unspecified atom stereocenters. The van der Waals surface area contributed by atoms with E-state index < -0.39 is 0 Å². The largest absolute Gasteiger partial charge is 0.493 e. The third-order valence-electron chi connectivity index (χ3n) is 4.32. The number of hydrogen-bond donors (Lipinski definition) is 0. The molecular weight excluding hydrogens is 296 g/mol. The monoisotopic (exact) mass is 316 g/mol. The number of nitrogens with zero attached hydrogens (tertiary/aromatic N) is 4. The highest BCUT2D eigenvalue weighted by atomic mass is 32.1. The Kier molecular flexibility index (Phi) is 3.72. The van der Waals surface area contributed by atoms with Gasteiger partial charge < -0.3 is 9.64 Å². The van der Waals surface area contributed by atoms with E-state index in [1.54, 1.807) is 11.3 Å². The number of anilines is 1. The second kappa shape index (κ2) is 5.85. The van der Waals surface area contributed by atoms with Gasteiger partial charge in [-0.05, 0) is 24.1 Å². The van der Waals surface area contributed by atoms with Gasteiger partial charge in [0, 0.05) is 39.1 Å². The Labute approximate surface area is 134 Å². The van der Waals surface area contributed by atoms with E-state index in [0.29, 0.717) is 0 Å². The van der Waals surface area contributed by atoms with Crippen molar-refractivity contribution in [1.82, 2.24) is 15.1 Å². The number of rotatable bonds is 3. The van der Waals surface area contributed by atoms with E-state index in [-0.39, 0.29) is 0 Å². The van der Waals surface area contributed by atoms with Crippen molar-refractivity contribution >= 4 is 16.5 Å². The van der Waals surface area contributed by atoms with Gasteiger partial charge in [0.05, 0.1) is 6.61 Å². The molecular formula is C16H20N4OS. The summed E-state index contributed by atoms with van der Waals surface area (Å²) >= 11 is 1.68. The number of fused-ring (bicyclic) bond motifs is 1. The van der Waals surface area contributed by atoms with Crippen molar-refractivity contribution in [3.8, 4) is 5.75 Å². The fourth-order valence-electron chi connectivity index (χ4n) is 3.11. The molecule has 1 aromatic carbocycles. The topological polar surface area (TPSA) is 41.5 Å². The molecule has 0 N–H and O–H groups in total. The highest BCUT2D eigenvalue weighted by Gasteiger charge is 2.20. The fourth-order valence-corrected chi connectivity index (χ4v) is 3.85. The Morgan fingerprint density at radius 1 is 1.18 bits per heavy atom. The molecule has 5 nitrogen and oxygen atoms in total. The predicted molar refractivity (Wildman–Crippen MR) is 87.8 cm³/mol.